The lowest BCUT2D eigenvalue weighted by molar-refractivity contribution is 0.0440. The molecule has 0 amide bonds. The zero-order valence-electron chi connectivity index (χ0n) is 11.4. The van der Waals surface area contributed by atoms with Crippen molar-refractivity contribution in [1.82, 2.24) is 4.31 Å². The van der Waals surface area contributed by atoms with Crippen LogP contribution in [-0.4, -0.2) is 42.8 Å². The van der Waals surface area contributed by atoms with Crippen LogP contribution in [0.3, 0.4) is 0 Å². The second-order valence-corrected chi connectivity index (χ2v) is 6.82. The first-order valence-electron chi connectivity index (χ1n) is 6.58. The number of carbonyl (C=O) groups is 1. The average Bonchev–Trinajstić information content (AvgIpc) is 2.46. The summed E-state index contributed by atoms with van der Waals surface area (Å²) >= 11 is 0. The SMILES string of the molecule is O=C(O)c1ccc(S(=O)(=O)N2CCCCC2C(F)F)c(F)c1. The van der Waals surface area contributed by atoms with Crippen molar-refractivity contribution in [3.05, 3.63) is 29.6 Å². The van der Waals surface area contributed by atoms with Crippen molar-refractivity contribution < 1.29 is 31.5 Å². The predicted octanol–water partition coefficient (Wildman–Crippen LogP) is 2.33. The van der Waals surface area contributed by atoms with Gasteiger partial charge in [-0.1, -0.05) is 6.42 Å². The van der Waals surface area contributed by atoms with Crippen LogP contribution in [0.15, 0.2) is 23.1 Å². The number of piperidine rings is 1. The highest BCUT2D eigenvalue weighted by atomic mass is 32.2. The number of nitrogens with zero attached hydrogens (tertiary/aromatic N) is 1. The fourth-order valence-electron chi connectivity index (χ4n) is 2.45. The number of alkyl halides is 2. The average molecular weight is 337 g/mol. The maximum absolute atomic E-state index is 13.9. The lowest BCUT2D eigenvalue weighted by atomic mass is 10.1. The Morgan fingerprint density at radius 3 is 2.55 bits per heavy atom. The van der Waals surface area contributed by atoms with Gasteiger partial charge in [0.2, 0.25) is 10.0 Å². The van der Waals surface area contributed by atoms with E-state index in [9.17, 15) is 26.4 Å². The summed E-state index contributed by atoms with van der Waals surface area (Å²) in [6.45, 7) is -0.114. The number of benzene rings is 1. The van der Waals surface area contributed by atoms with Gasteiger partial charge >= 0.3 is 5.97 Å². The van der Waals surface area contributed by atoms with E-state index in [1.165, 1.54) is 0 Å². The molecular weight excluding hydrogens is 323 g/mol. The molecule has 0 aromatic heterocycles. The molecular formula is C13H14F3NO4S. The normalized spacial score (nSPS) is 20.3. The Hall–Kier alpha value is -1.61. The van der Waals surface area contributed by atoms with Crippen LogP contribution in [0.2, 0.25) is 0 Å². The Bertz CT molecular complexity index is 678. The van der Waals surface area contributed by atoms with Gasteiger partial charge in [-0.2, -0.15) is 4.31 Å². The summed E-state index contributed by atoms with van der Waals surface area (Å²) in [5.74, 6) is -2.68. The first-order valence-corrected chi connectivity index (χ1v) is 8.02. The summed E-state index contributed by atoms with van der Waals surface area (Å²) in [7, 11) is -4.44. The third-order valence-electron chi connectivity index (χ3n) is 3.55. The minimum atomic E-state index is -4.44. The maximum atomic E-state index is 13.9. The molecule has 1 N–H and O–H groups in total. The molecule has 1 heterocycles. The fourth-order valence-corrected chi connectivity index (χ4v) is 4.17. The number of sulfonamides is 1. The molecule has 0 saturated carbocycles. The second kappa shape index (κ2) is 6.25. The first-order chi connectivity index (χ1) is 10.2. The molecule has 1 aromatic rings. The lowest BCUT2D eigenvalue weighted by Gasteiger charge is -2.34. The molecule has 9 heteroatoms. The molecule has 22 heavy (non-hydrogen) atoms. The van der Waals surface area contributed by atoms with Gasteiger partial charge in [-0.05, 0) is 31.0 Å². The molecule has 1 unspecified atom stereocenters. The zero-order valence-corrected chi connectivity index (χ0v) is 12.2. The molecule has 122 valence electrons. The van der Waals surface area contributed by atoms with Crippen molar-refractivity contribution in [3.63, 3.8) is 0 Å². The number of hydrogen-bond donors (Lipinski definition) is 1. The van der Waals surface area contributed by atoms with Gasteiger partial charge in [0.05, 0.1) is 11.6 Å². The summed E-state index contributed by atoms with van der Waals surface area (Å²) in [6.07, 6.45) is -1.97. The predicted molar refractivity (Wildman–Crippen MR) is 70.9 cm³/mol. The number of halogens is 3. The van der Waals surface area contributed by atoms with Crippen LogP contribution in [-0.2, 0) is 10.0 Å². The van der Waals surface area contributed by atoms with Crippen LogP contribution in [0.1, 0.15) is 29.6 Å². The summed E-state index contributed by atoms with van der Waals surface area (Å²) in [6, 6.07) is 0.804. The Labute approximate surface area is 125 Å². The molecule has 1 aliphatic rings. The van der Waals surface area contributed by atoms with E-state index in [1.54, 1.807) is 0 Å². The minimum absolute atomic E-state index is 0.00568. The van der Waals surface area contributed by atoms with Gasteiger partial charge in [0, 0.05) is 6.54 Å². The highest BCUT2D eigenvalue weighted by Crippen LogP contribution is 2.30. The van der Waals surface area contributed by atoms with Crippen LogP contribution >= 0.6 is 0 Å². The van der Waals surface area contributed by atoms with Crippen LogP contribution in [0.5, 0.6) is 0 Å². The zero-order chi connectivity index (χ0) is 16.5. The van der Waals surface area contributed by atoms with Crippen molar-refractivity contribution in [3.8, 4) is 0 Å². The topological polar surface area (TPSA) is 74.7 Å². The van der Waals surface area contributed by atoms with Crippen LogP contribution in [0.25, 0.3) is 0 Å². The largest absolute Gasteiger partial charge is 0.478 e. The summed E-state index contributed by atoms with van der Waals surface area (Å²) in [5, 5.41) is 8.74. The highest BCUT2D eigenvalue weighted by molar-refractivity contribution is 7.89. The number of carboxylic acid groups (broad SMARTS) is 1. The smallest absolute Gasteiger partial charge is 0.335 e. The molecule has 0 radical (unpaired) electrons. The number of rotatable bonds is 4. The van der Waals surface area contributed by atoms with Gasteiger partial charge in [-0.3, -0.25) is 0 Å². The molecule has 1 atom stereocenters. The Kier molecular flexibility index (Phi) is 4.76. The van der Waals surface area contributed by atoms with E-state index in [-0.39, 0.29) is 13.0 Å². The third kappa shape index (κ3) is 3.09. The summed E-state index contributed by atoms with van der Waals surface area (Å²) < 4.78 is 65.4. The Morgan fingerprint density at radius 1 is 1.32 bits per heavy atom. The third-order valence-corrected chi connectivity index (χ3v) is 5.51. The van der Waals surface area contributed by atoms with E-state index in [1.807, 2.05) is 0 Å². The van der Waals surface area contributed by atoms with Gasteiger partial charge < -0.3 is 5.11 Å². The van der Waals surface area contributed by atoms with E-state index in [4.69, 9.17) is 5.11 Å². The van der Waals surface area contributed by atoms with Gasteiger partial charge in [0.15, 0.2) is 0 Å². The lowest BCUT2D eigenvalue weighted by Crippen LogP contribution is -2.47. The van der Waals surface area contributed by atoms with Crippen molar-refractivity contribution in [2.75, 3.05) is 6.54 Å². The molecule has 1 fully saturated rings. The van der Waals surface area contributed by atoms with Gasteiger partial charge in [-0.15, -0.1) is 0 Å². The quantitative estimate of drug-likeness (QED) is 0.915. The van der Waals surface area contributed by atoms with Gasteiger partial charge in [0.25, 0.3) is 6.43 Å². The van der Waals surface area contributed by atoms with Crippen LogP contribution in [0.4, 0.5) is 13.2 Å². The first kappa shape index (κ1) is 16.8. The monoisotopic (exact) mass is 337 g/mol. The van der Waals surface area contributed by atoms with Gasteiger partial charge in [-0.25, -0.2) is 26.4 Å². The molecule has 2 rings (SSSR count). The molecule has 0 aliphatic carbocycles. The van der Waals surface area contributed by atoms with E-state index < -0.39 is 44.7 Å². The van der Waals surface area contributed by atoms with Crippen molar-refractivity contribution in [2.24, 2.45) is 0 Å². The molecule has 1 saturated heterocycles. The molecule has 0 bridgehead atoms. The molecule has 1 aromatic carbocycles. The van der Waals surface area contributed by atoms with E-state index in [0.29, 0.717) is 23.2 Å². The number of hydrogen-bond acceptors (Lipinski definition) is 3. The van der Waals surface area contributed by atoms with Crippen molar-refractivity contribution in [1.29, 1.82) is 0 Å². The minimum Gasteiger partial charge on any atom is -0.478 e. The number of aromatic carboxylic acids is 1. The Morgan fingerprint density at radius 2 is 2.00 bits per heavy atom. The summed E-state index contributed by atoms with van der Waals surface area (Å²) in [5.41, 5.74) is -0.416. The fraction of sp³-hybridized carbons (Fsp3) is 0.462. The van der Waals surface area contributed by atoms with Gasteiger partial charge in [0.1, 0.15) is 10.7 Å². The highest BCUT2D eigenvalue weighted by Gasteiger charge is 2.39. The standard InChI is InChI=1S/C13H14F3NO4S/c14-9-7-8(13(18)19)4-5-11(9)22(20,21)17-6-2-1-3-10(17)12(15)16/h4-5,7,10,12H,1-3,6H2,(H,18,19). The van der Waals surface area contributed by atoms with Crippen molar-refractivity contribution in [2.45, 2.75) is 36.6 Å². The molecule has 5 nitrogen and oxygen atoms in total. The molecule has 0 spiro atoms. The van der Waals surface area contributed by atoms with Crippen LogP contribution in [0, 0.1) is 5.82 Å². The second-order valence-electron chi connectivity index (χ2n) is 4.96. The number of carboxylic acids is 1. The van der Waals surface area contributed by atoms with E-state index in [2.05, 4.69) is 0 Å². The summed E-state index contributed by atoms with van der Waals surface area (Å²) in [4.78, 5) is 9.94. The van der Waals surface area contributed by atoms with Crippen molar-refractivity contribution >= 4 is 16.0 Å². The molecule has 1 aliphatic heterocycles. The maximum Gasteiger partial charge on any atom is 0.335 e. The van der Waals surface area contributed by atoms with Crippen LogP contribution < -0.4 is 0 Å². The van der Waals surface area contributed by atoms with E-state index >= 15 is 0 Å². The van der Waals surface area contributed by atoms with E-state index in [0.717, 1.165) is 12.1 Å². The Balaban J connectivity index is 2.43.